The van der Waals surface area contributed by atoms with E-state index in [0.29, 0.717) is 16.5 Å². The fraction of sp³-hybridized carbons (Fsp3) is 0.263. The fourth-order valence-corrected chi connectivity index (χ4v) is 2.32. The lowest BCUT2D eigenvalue weighted by Gasteiger charge is -2.23. The summed E-state index contributed by atoms with van der Waals surface area (Å²) in [7, 11) is 1.46. The molecule has 2 amide bonds. The lowest BCUT2D eigenvalue weighted by molar-refractivity contribution is -0.135. The molecule has 0 fully saturated rings. The van der Waals surface area contributed by atoms with Gasteiger partial charge in [-0.25, -0.2) is 4.39 Å². The van der Waals surface area contributed by atoms with Gasteiger partial charge in [0.15, 0.2) is 0 Å². The molecule has 0 saturated carbocycles. The summed E-state index contributed by atoms with van der Waals surface area (Å²) in [6.07, 6.45) is 0. The molecular weight excluding hydrogens is 359 g/mol. The van der Waals surface area contributed by atoms with Crippen LogP contribution < -0.4 is 15.4 Å². The molecule has 2 N–H and O–H groups in total. The summed E-state index contributed by atoms with van der Waals surface area (Å²) < 4.78 is 18.5. The minimum atomic E-state index is -1.41. The highest BCUT2D eigenvalue weighted by Crippen LogP contribution is 2.32. The van der Waals surface area contributed by atoms with Crippen LogP contribution in [0, 0.1) is 18.2 Å². The van der Waals surface area contributed by atoms with E-state index in [4.69, 9.17) is 16.3 Å². The van der Waals surface area contributed by atoms with Crippen LogP contribution in [-0.2, 0) is 9.59 Å². The molecule has 7 heteroatoms. The smallest absolute Gasteiger partial charge is 0.239 e. The van der Waals surface area contributed by atoms with Crippen LogP contribution >= 0.6 is 11.6 Å². The van der Waals surface area contributed by atoms with E-state index in [0.717, 1.165) is 5.56 Å². The molecule has 0 aromatic heterocycles. The Morgan fingerprint density at radius 1 is 1.12 bits per heavy atom. The Kier molecular flexibility index (Phi) is 5.87. The van der Waals surface area contributed by atoms with Gasteiger partial charge in [0.25, 0.3) is 0 Å². The van der Waals surface area contributed by atoms with E-state index in [1.807, 2.05) is 0 Å². The third-order valence-electron chi connectivity index (χ3n) is 3.95. The van der Waals surface area contributed by atoms with E-state index < -0.39 is 23.0 Å². The van der Waals surface area contributed by atoms with E-state index >= 15 is 0 Å². The molecule has 26 heavy (non-hydrogen) atoms. The number of nitrogens with one attached hydrogen (secondary N) is 2. The second-order valence-corrected chi connectivity index (χ2v) is 6.75. The fourth-order valence-electron chi connectivity index (χ4n) is 2.17. The third-order valence-corrected chi connectivity index (χ3v) is 4.35. The molecule has 0 radical (unpaired) electrons. The molecule has 0 aliphatic rings. The summed E-state index contributed by atoms with van der Waals surface area (Å²) in [5.41, 5.74) is 0.0248. The molecule has 0 saturated heterocycles. The summed E-state index contributed by atoms with van der Waals surface area (Å²) in [5, 5.41) is 5.74. The maximum Gasteiger partial charge on any atom is 0.239 e. The van der Waals surface area contributed by atoms with E-state index in [-0.39, 0.29) is 5.69 Å². The number of methoxy groups -OCH3 is 1. The molecule has 0 spiro atoms. The van der Waals surface area contributed by atoms with Crippen molar-refractivity contribution in [2.45, 2.75) is 20.8 Å². The molecule has 0 atom stereocenters. The van der Waals surface area contributed by atoms with Gasteiger partial charge >= 0.3 is 0 Å². The zero-order valence-corrected chi connectivity index (χ0v) is 15.7. The van der Waals surface area contributed by atoms with E-state index in [9.17, 15) is 14.0 Å². The van der Waals surface area contributed by atoms with Crippen molar-refractivity contribution in [2.75, 3.05) is 17.7 Å². The Hall–Kier alpha value is -2.60. The maximum atomic E-state index is 13.3. The maximum absolute atomic E-state index is 13.3. The predicted octanol–water partition coefficient (Wildman–Crippen LogP) is 4.40. The first-order valence-electron chi connectivity index (χ1n) is 7.87. The van der Waals surface area contributed by atoms with Gasteiger partial charge in [0.2, 0.25) is 11.8 Å². The molecule has 2 aromatic carbocycles. The number of carbonyl (C=O) groups is 2. The van der Waals surface area contributed by atoms with Crippen molar-refractivity contribution < 1.29 is 18.7 Å². The van der Waals surface area contributed by atoms with Crippen molar-refractivity contribution in [3.05, 3.63) is 52.8 Å². The Morgan fingerprint density at radius 2 is 1.77 bits per heavy atom. The minimum Gasteiger partial charge on any atom is -0.495 e. The van der Waals surface area contributed by atoms with Crippen molar-refractivity contribution in [3.63, 3.8) is 0 Å². The average Bonchev–Trinajstić information content (AvgIpc) is 2.57. The Balaban J connectivity index is 2.19. The highest BCUT2D eigenvalue weighted by Gasteiger charge is 2.36. The topological polar surface area (TPSA) is 67.4 Å². The number of aryl methyl sites for hydroxylation is 1. The molecule has 2 aromatic rings. The minimum absolute atomic E-state index is 0.274. The molecule has 0 aliphatic heterocycles. The average molecular weight is 379 g/mol. The number of amides is 2. The van der Waals surface area contributed by atoms with Crippen LogP contribution in [0.3, 0.4) is 0 Å². The predicted molar refractivity (Wildman–Crippen MR) is 100 cm³/mol. The quantitative estimate of drug-likeness (QED) is 0.758. The zero-order chi connectivity index (χ0) is 19.5. The van der Waals surface area contributed by atoms with Gasteiger partial charge in [-0.3, -0.25) is 9.59 Å². The molecule has 0 unspecified atom stereocenters. The lowest BCUT2D eigenvalue weighted by atomic mass is 9.90. The molecule has 138 valence electrons. The van der Waals surface area contributed by atoms with Crippen molar-refractivity contribution in [1.29, 1.82) is 0 Å². The number of ether oxygens (including phenoxy) is 1. The first-order valence-corrected chi connectivity index (χ1v) is 8.25. The SMILES string of the molecule is COc1cc(Cl)c(C)cc1NC(=O)C(C)(C)C(=O)Nc1cccc(F)c1. The molecule has 0 bridgehead atoms. The first-order chi connectivity index (χ1) is 12.1. The molecule has 5 nitrogen and oxygen atoms in total. The van der Waals surface area contributed by atoms with Crippen LogP contribution in [0.5, 0.6) is 5.75 Å². The summed E-state index contributed by atoms with van der Waals surface area (Å²) in [5.74, 6) is -1.20. The van der Waals surface area contributed by atoms with Crippen molar-refractivity contribution in [3.8, 4) is 5.75 Å². The number of carbonyl (C=O) groups excluding carboxylic acids is 2. The third kappa shape index (κ3) is 4.32. The van der Waals surface area contributed by atoms with Gasteiger partial charge in [-0.05, 0) is 50.6 Å². The standard InChI is InChI=1S/C19H20ClFN2O3/c1-11-8-15(16(26-4)10-14(11)20)23-18(25)19(2,3)17(24)22-13-7-5-6-12(21)9-13/h5-10H,1-4H3,(H,22,24)(H,23,25). The van der Waals surface area contributed by atoms with Crippen LogP contribution in [0.1, 0.15) is 19.4 Å². The zero-order valence-electron chi connectivity index (χ0n) is 14.9. The second kappa shape index (κ2) is 7.74. The summed E-state index contributed by atoms with van der Waals surface area (Å²) in [4.78, 5) is 25.2. The Morgan fingerprint density at radius 3 is 2.38 bits per heavy atom. The molecule has 2 rings (SSSR count). The van der Waals surface area contributed by atoms with Crippen molar-refractivity contribution in [1.82, 2.24) is 0 Å². The van der Waals surface area contributed by atoms with E-state index in [1.54, 1.807) is 25.1 Å². The Labute approximate surface area is 156 Å². The van der Waals surface area contributed by atoms with Crippen LogP contribution in [0.15, 0.2) is 36.4 Å². The molecule has 0 aliphatic carbocycles. The first kappa shape index (κ1) is 19.7. The van der Waals surface area contributed by atoms with Gasteiger partial charge < -0.3 is 15.4 Å². The number of anilines is 2. The number of hydrogen-bond donors (Lipinski definition) is 2. The van der Waals surface area contributed by atoms with E-state index in [1.165, 1.54) is 39.2 Å². The van der Waals surface area contributed by atoms with Crippen molar-refractivity contribution in [2.24, 2.45) is 5.41 Å². The van der Waals surface area contributed by atoms with Gasteiger partial charge in [-0.15, -0.1) is 0 Å². The summed E-state index contributed by atoms with van der Waals surface area (Å²) in [6.45, 7) is 4.75. The number of benzene rings is 2. The monoisotopic (exact) mass is 378 g/mol. The number of halogens is 2. The van der Waals surface area contributed by atoms with Crippen molar-refractivity contribution >= 4 is 34.8 Å². The van der Waals surface area contributed by atoms with Crippen LogP contribution in [0.4, 0.5) is 15.8 Å². The van der Waals surface area contributed by atoms with Crippen LogP contribution in [-0.4, -0.2) is 18.9 Å². The highest BCUT2D eigenvalue weighted by atomic mass is 35.5. The van der Waals surface area contributed by atoms with Gasteiger partial charge in [0.05, 0.1) is 12.8 Å². The molecular formula is C19H20ClFN2O3. The summed E-state index contributed by atoms with van der Waals surface area (Å²) in [6, 6.07) is 8.71. The van der Waals surface area contributed by atoms with Gasteiger partial charge in [-0.1, -0.05) is 17.7 Å². The Bertz CT molecular complexity index is 853. The molecule has 0 heterocycles. The van der Waals surface area contributed by atoms with Crippen LogP contribution in [0.2, 0.25) is 5.02 Å². The highest BCUT2D eigenvalue weighted by molar-refractivity contribution is 6.31. The van der Waals surface area contributed by atoms with Gasteiger partial charge in [-0.2, -0.15) is 0 Å². The largest absolute Gasteiger partial charge is 0.495 e. The van der Waals surface area contributed by atoms with Gasteiger partial charge in [0, 0.05) is 16.8 Å². The number of hydrogen-bond acceptors (Lipinski definition) is 3. The van der Waals surface area contributed by atoms with E-state index in [2.05, 4.69) is 10.6 Å². The lowest BCUT2D eigenvalue weighted by Crippen LogP contribution is -2.41. The van der Waals surface area contributed by atoms with Gasteiger partial charge in [0.1, 0.15) is 17.0 Å². The number of rotatable bonds is 5. The van der Waals surface area contributed by atoms with Crippen LogP contribution in [0.25, 0.3) is 0 Å². The summed E-state index contributed by atoms with van der Waals surface area (Å²) >= 11 is 6.06. The second-order valence-electron chi connectivity index (χ2n) is 6.35. The normalized spacial score (nSPS) is 11.0.